The number of hydrogen-bond acceptors (Lipinski definition) is 3. The van der Waals surface area contributed by atoms with Gasteiger partial charge in [0.1, 0.15) is 23.3 Å². The maximum Gasteiger partial charge on any atom is 0.142 e. The molecule has 0 amide bonds. The van der Waals surface area contributed by atoms with Crippen molar-refractivity contribution < 1.29 is 4.39 Å². The number of rotatable bonds is 2. The fraction of sp³-hybridized carbons (Fsp3) is 0. The molecule has 0 fully saturated rings. The highest BCUT2D eigenvalue weighted by molar-refractivity contribution is 6.33. The Morgan fingerprint density at radius 3 is 2.30 bits per heavy atom. The summed E-state index contributed by atoms with van der Waals surface area (Å²) < 4.78 is 14.1. The Hall–Kier alpha value is -2.90. The number of halogens is 2. The molecular weight excluding hydrogens is 313 g/mol. The maximum atomic E-state index is 14.1. The number of aromatic nitrogens is 1. The molecule has 0 aliphatic rings. The average molecular weight is 324 g/mol. The normalized spacial score (nSPS) is 10.3. The van der Waals surface area contributed by atoms with Crippen LogP contribution in [0.4, 0.5) is 10.2 Å². The minimum Gasteiger partial charge on any atom is -0.383 e. The maximum absolute atomic E-state index is 14.1. The van der Waals surface area contributed by atoms with Crippen molar-refractivity contribution in [3.8, 4) is 28.5 Å². The van der Waals surface area contributed by atoms with Crippen molar-refractivity contribution in [1.82, 2.24) is 4.98 Å². The third-order valence-corrected chi connectivity index (χ3v) is 3.80. The number of pyridine rings is 1. The highest BCUT2D eigenvalue weighted by Gasteiger charge is 2.16. The SMILES string of the molecule is N#Cc1c(-c2ccccc2F)cc(-c2ccccc2Cl)nc1N. The minimum absolute atomic E-state index is 0.0446. The molecule has 2 N–H and O–H groups in total. The van der Waals surface area contributed by atoms with Crippen LogP contribution in [0.15, 0.2) is 54.6 Å². The van der Waals surface area contributed by atoms with Gasteiger partial charge in [-0.25, -0.2) is 9.37 Å². The van der Waals surface area contributed by atoms with Gasteiger partial charge in [0.25, 0.3) is 0 Å². The molecule has 0 aliphatic carbocycles. The zero-order valence-corrected chi connectivity index (χ0v) is 12.7. The van der Waals surface area contributed by atoms with Gasteiger partial charge in [-0.2, -0.15) is 5.26 Å². The summed E-state index contributed by atoms with van der Waals surface area (Å²) in [5, 5.41) is 9.85. The fourth-order valence-electron chi connectivity index (χ4n) is 2.38. The lowest BCUT2D eigenvalue weighted by Gasteiger charge is -2.11. The average Bonchev–Trinajstić information content (AvgIpc) is 2.55. The van der Waals surface area contributed by atoms with Gasteiger partial charge >= 0.3 is 0 Å². The predicted octanol–water partition coefficient (Wildman–Crippen LogP) is 4.66. The third kappa shape index (κ3) is 2.75. The number of hydrogen-bond donors (Lipinski definition) is 1. The van der Waals surface area contributed by atoms with Crippen LogP contribution in [0.1, 0.15) is 5.56 Å². The summed E-state index contributed by atoms with van der Waals surface area (Å²) in [6, 6.07) is 17.0. The third-order valence-electron chi connectivity index (χ3n) is 3.47. The van der Waals surface area contributed by atoms with Crippen molar-refractivity contribution in [2.24, 2.45) is 0 Å². The quantitative estimate of drug-likeness (QED) is 0.746. The lowest BCUT2D eigenvalue weighted by atomic mass is 9.98. The van der Waals surface area contributed by atoms with Crippen molar-refractivity contribution >= 4 is 17.4 Å². The van der Waals surface area contributed by atoms with Crippen molar-refractivity contribution in [3.05, 3.63) is 71.0 Å². The van der Waals surface area contributed by atoms with Crippen LogP contribution >= 0.6 is 11.6 Å². The van der Waals surface area contributed by atoms with Gasteiger partial charge in [0.2, 0.25) is 0 Å². The molecule has 0 saturated carbocycles. The van der Waals surface area contributed by atoms with Crippen LogP contribution in [-0.2, 0) is 0 Å². The van der Waals surface area contributed by atoms with E-state index in [9.17, 15) is 9.65 Å². The highest BCUT2D eigenvalue weighted by atomic mass is 35.5. The molecule has 5 heteroatoms. The highest BCUT2D eigenvalue weighted by Crippen LogP contribution is 2.34. The molecule has 0 saturated heterocycles. The molecule has 0 bridgehead atoms. The van der Waals surface area contributed by atoms with E-state index in [-0.39, 0.29) is 11.4 Å². The topological polar surface area (TPSA) is 62.7 Å². The van der Waals surface area contributed by atoms with Crippen LogP contribution < -0.4 is 5.73 Å². The van der Waals surface area contributed by atoms with Crippen LogP contribution in [-0.4, -0.2) is 4.98 Å². The molecule has 23 heavy (non-hydrogen) atoms. The molecule has 2 aromatic carbocycles. The number of anilines is 1. The van der Waals surface area contributed by atoms with E-state index in [4.69, 9.17) is 17.3 Å². The molecule has 0 aliphatic heterocycles. The summed E-state index contributed by atoms with van der Waals surface area (Å²) in [5.74, 6) is -0.386. The van der Waals surface area contributed by atoms with Crippen LogP contribution in [0.25, 0.3) is 22.4 Å². The summed E-state index contributed by atoms with van der Waals surface area (Å²) in [6.45, 7) is 0. The van der Waals surface area contributed by atoms with Gasteiger partial charge in [-0.05, 0) is 18.2 Å². The summed E-state index contributed by atoms with van der Waals surface area (Å²) in [6.07, 6.45) is 0. The molecule has 0 atom stereocenters. The van der Waals surface area contributed by atoms with E-state index < -0.39 is 5.82 Å². The van der Waals surface area contributed by atoms with E-state index in [1.54, 1.807) is 42.5 Å². The van der Waals surface area contributed by atoms with Gasteiger partial charge in [-0.1, -0.05) is 48.0 Å². The van der Waals surface area contributed by atoms with E-state index in [0.29, 0.717) is 27.4 Å². The first kappa shape index (κ1) is 15.0. The smallest absolute Gasteiger partial charge is 0.142 e. The molecule has 3 aromatic rings. The van der Waals surface area contributed by atoms with Crippen molar-refractivity contribution in [2.75, 3.05) is 5.73 Å². The van der Waals surface area contributed by atoms with Gasteiger partial charge in [-0.3, -0.25) is 0 Å². The molecule has 3 nitrogen and oxygen atoms in total. The van der Waals surface area contributed by atoms with E-state index in [1.165, 1.54) is 6.07 Å². The van der Waals surface area contributed by atoms with Crippen molar-refractivity contribution in [2.45, 2.75) is 0 Å². The van der Waals surface area contributed by atoms with Crippen LogP contribution in [0.3, 0.4) is 0 Å². The first-order valence-electron chi connectivity index (χ1n) is 6.82. The van der Waals surface area contributed by atoms with Crippen molar-refractivity contribution in [1.29, 1.82) is 5.26 Å². The van der Waals surface area contributed by atoms with Gasteiger partial charge in [0.15, 0.2) is 0 Å². The first-order chi connectivity index (χ1) is 11.1. The largest absolute Gasteiger partial charge is 0.383 e. The Morgan fingerprint density at radius 1 is 1.00 bits per heavy atom. The Balaban J connectivity index is 2.30. The van der Waals surface area contributed by atoms with E-state index in [2.05, 4.69) is 4.98 Å². The summed E-state index contributed by atoms with van der Waals surface area (Å²) in [7, 11) is 0. The molecule has 1 aromatic heterocycles. The number of nitriles is 1. The molecule has 0 unspecified atom stereocenters. The Kier molecular flexibility index (Phi) is 3.96. The first-order valence-corrected chi connectivity index (χ1v) is 7.20. The van der Waals surface area contributed by atoms with Crippen LogP contribution in [0.5, 0.6) is 0 Å². The van der Waals surface area contributed by atoms with Gasteiger partial charge < -0.3 is 5.73 Å². The lowest BCUT2D eigenvalue weighted by molar-refractivity contribution is 0.631. The van der Waals surface area contributed by atoms with E-state index in [1.807, 2.05) is 12.1 Å². The Morgan fingerprint density at radius 2 is 1.65 bits per heavy atom. The van der Waals surface area contributed by atoms with E-state index >= 15 is 0 Å². The standard InChI is InChI=1S/C18H11ClFN3/c19-15-7-3-1-6-12(15)17-9-13(14(10-21)18(22)23-17)11-5-2-4-8-16(11)20/h1-9H,(H2,22,23). The van der Waals surface area contributed by atoms with Gasteiger partial charge in [0, 0.05) is 21.7 Å². The summed E-state index contributed by atoms with van der Waals surface area (Å²) >= 11 is 6.19. The zero-order valence-electron chi connectivity index (χ0n) is 11.9. The molecule has 0 radical (unpaired) electrons. The molecular formula is C18H11ClFN3. The van der Waals surface area contributed by atoms with Gasteiger partial charge in [-0.15, -0.1) is 0 Å². The minimum atomic E-state index is -0.431. The summed E-state index contributed by atoms with van der Waals surface area (Å²) in [4.78, 5) is 4.24. The lowest BCUT2D eigenvalue weighted by Crippen LogP contribution is -2.00. The monoisotopic (exact) mass is 323 g/mol. The molecule has 112 valence electrons. The Bertz CT molecular complexity index is 932. The Labute approximate surface area is 137 Å². The molecule has 0 spiro atoms. The van der Waals surface area contributed by atoms with Crippen LogP contribution in [0.2, 0.25) is 5.02 Å². The molecule has 3 rings (SSSR count). The van der Waals surface area contributed by atoms with E-state index in [0.717, 1.165) is 0 Å². The van der Waals surface area contributed by atoms with Crippen molar-refractivity contribution in [3.63, 3.8) is 0 Å². The van der Waals surface area contributed by atoms with Gasteiger partial charge in [0.05, 0.1) is 5.69 Å². The second-order valence-electron chi connectivity index (χ2n) is 4.89. The number of benzene rings is 2. The number of nitrogens with two attached hydrogens (primary N) is 1. The second kappa shape index (κ2) is 6.07. The number of nitrogen functional groups attached to an aromatic ring is 1. The number of nitrogens with zero attached hydrogens (tertiary/aromatic N) is 2. The van der Waals surface area contributed by atoms with Crippen LogP contribution in [0, 0.1) is 17.1 Å². The predicted molar refractivity (Wildman–Crippen MR) is 89.2 cm³/mol. The second-order valence-corrected chi connectivity index (χ2v) is 5.29. The molecule has 1 heterocycles. The summed E-state index contributed by atoms with van der Waals surface area (Å²) in [5.41, 5.74) is 7.91. The zero-order chi connectivity index (χ0) is 16.4. The fourth-order valence-corrected chi connectivity index (χ4v) is 2.61.